The molecule has 4 heteroatoms. The summed E-state index contributed by atoms with van der Waals surface area (Å²) in [6, 6.07) is 8.23. The summed E-state index contributed by atoms with van der Waals surface area (Å²) in [4.78, 5) is 14.4. The molecule has 1 aromatic carbocycles. The van der Waals surface area contributed by atoms with Crippen molar-refractivity contribution in [2.75, 3.05) is 13.7 Å². The average molecular weight is 316 g/mol. The molecule has 0 spiro atoms. The molecule has 1 aromatic rings. The Morgan fingerprint density at radius 3 is 2.65 bits per heavy atom. The molecule has 0 heterocycles. The quantitative estimate of drug-likeness (QED) is 0.749. The maximum atomic E-state index is 12.3. The van der Waals surface area contributed by atoms with Crippen LogP contribution in [-0.4, -0.2) is 36.5 Å². The summed E-state index contributed by atoms with van der Waals surface area (Å²) in [6.45, 7) is 6.85. The SMILES string of the molecule is C=CCOc1ccc(CN(C)[C@H](C)C(=O)NC2CCCC2)cc1. The van der Waals surface area contributed by atoms with Crippen molar-refractivity contribution in [3.05, 3.63) is 42.5 Å². The molecule has 126 valence electrons. The molecule has 1 N–H and O–H groups in total. The standard InChI is InChI=1S/C19H28N2O2/c1-4-13-23-18-11-9-16(10-12-18)14-21(3)15(2)19(22)20-17-7-5-6-8-17/h4,9-12,15,17H,1,5-8,13-14H2,2-3H3,(H,20,22)/t15-/m1/s1. The number of rotatable bonds is 8. The third kappa shape index (κ3) is 5.39. The van der Waals surface area contributed by atoms with Crippen LogP contribution in [-0.2, 0) is 11.3 Å². The van der Waals surface area contributed by atoms with Gasteiger partial charge in [0.2, 0.25) is 5.91 Å². The highest BCUT2D eigenvalue weighted by Gasteiger charge is 2.23. The van der Waals surface area contributed by atoms with Crippen molar-refractivity contribution in [3.63, 3.8) is 0 Å². The number of carbonyl (C=O) groups is 1. The predicted molar refractivity (Wildman–Crippen MR) is 93.5 cm³/mol. The molecule has 1 amide bonds. The lowest BCUT2D eigenvalue weighted by Gasteiger charge is -2.25. The van der Waals surface area contributed by atoms with E-state index < -0.39 is 0 Å². The third-order valence-electron chi connectivity index (χ3n) is 4.47. The molecule has 1 atom stereocenters. The summed E-state index contributed by atoms with van der Waals surface area (Å²) in [5.41, 5.74) is 1.17. The first-order valence-corrected chi connectivity index (χ1v) is 8.43. The topological polar surface area (TPSA) is 41.6 Å². The van der Waals surface area contributed by atoms with E-state index in [-0.39, 0.29) is 11.9 Å². The second-order valence-corrected chi connectivity index (χ2v) is 6.32. The molecule has 0 aromatic heterocycles. The van der Waals surface area contributed by atoms with Gasteiger partial charge in [-0.2, -0.15) is 0 Å². The Balaban J connectivity index is 1.83. The van der Waals surface area contributed by atoms with Crippen molar-refractivity contribution in [2.24, 2.45) is 0 Å². The third-order valence-corrected chi connectivity index (χ3v) is 4.47. The number of carbonyl (C=O) groups excluding carboxylic acids is 1. The number of nitrogens with one attached hydrogen (secondary N) is 1. The molecule has 0 radical (unpaired) electrons. The van der Waals surface area contributed by atoms with Gasteiger partial charge in [-0.25, -0.2) is 0 Å². The molecule has 0 unspecified atom stereocenters. The predicted octanol–water partition coefficient (Wildman–Crippen LogP) is 3.13. The first-order valence-electron chi connectivity index (χ1n) is 8.43. The maximum absolute atomic E-state index is 12.3. The van der Waals surface area contributed by atoms with Crippen molar-refractivity contribution in [2.45, 2.75) is 51.2 Å². The van der Waals surface area contributed by atoms with Crippen LogP contribution in [0.3, 0.4) is 0 Å². The highest BCUT2D eigenvalue weighted by atomic mass is 16.5. The summed E-state index contributed by atoms with van der Waals surface area (Å²) >= 11 is 0. The van der Waals surface area contributed by atoms with E-state index in [9.17, 15) is 4.79 Å². The Morgan fingerprint density at radius 1 is 1.39 bits per heavy atom. The van der Waals surface area contributed by atoms with E-state index in [1.807, 2.05) is 38.2 Å². The molecule has 1 saturated carbocycles. The zero-order valence-corrected chi connectivity index (χ0v) is 14.3. The number of ether oxygens (including phenoxy) is 1. The lowest BCUT2D eigenvalue weighted by atomic mass is 10.1. The molecule has 23 heavy (non-hydrogen) atoms. The van der Waals surface area contributed by atoms with Gasteiger partial charge in [0.1, 0.15) is 12.4 Å². The van der Waals surface area contributed by atoms with Gasteiger partial charge in [-0.15, -0.1) is 0 Å². The normalized spacial score (nSPS) is 16.3. The molecule has 0 bridgehead atoms. The van der Waals surface area contributed by atoms with Crippen molar-refractivity contribution in [1.29, 1.82) is 0 Å². The van der Waals surface area contributed by atoms with Crippen LogP contribution >= 0.6 is 0 Å². The molecule has 1 aliphatic carbocycles. The average Bonchev–Trinajstić information content (AvgIpc) is 3.06. The van der Waals surface area contributed by atoms with Gasteiger partial charge in [0, 0.05) is 12.6 Å². The van der Waals surface area contributed by atoms with E-state index in [2.05, 4.69) is 16.8 Å². The van der Waals surface area contributed by atoms with Crippen LogP contribution in [0.15, 0.2) is 36.9 Å². The number of hydrogen-bond acceptors (Lipinski definition) is 3. The van der Waals surface area contributed by atoms with Crippen LogP contribution < -0.4 is 10.1 Å². The first kappa shape index (κ1) is 17.5. The van der Waals surface area contributed by atoms with Crippen LogP contribution in [0.4, 0.5) is 0 Å². The minimum Gasteiger partial charge on any atom is -0.490 e. The summed E-state index contributed by atoms with van der Waals surface area (Å²) in [5.74, 6) is 0.966. The monoisotopic (exact) mass is 316 g/mol. The van der Waals surface area contributed by atoms with E-state index in [0.29, 0.717) is 12.6 Å². The minimum atomic E-state index is -0.132. The van der Waals surface area contributed by atoms with E-state index in [0.717, 1.165) is 25.1 Å². The second kappa shape index (κ2) is 8.73. The maximum Gasteiger partial charge on any atom is 0.237 e. The smallest absolute Gasteiger partial charge is 0.237 e. The largest absolute Gasteiger partial charge is 0.490 e. The lowest BCUT2D eigenvalue weighted by molar-refractivity contribution is -0.126. The Labute approximate surface area is 139 Å². The molecule has 0 aliphatic heterocycles. The van der Waals surface area contributed by atoms with Crippen LogP contribution in [0.2, 0.25) is 0 Å². The van der Waals surface area contributed by atoms with Gasteiger partial charge in [0.05, 0.1) is 6.04 Å². The second-order valence-electron chi connectivity index (χ2n) is 6.32. The first-order chi connectivity index (χ1) is 11.1. The molecule has 1 fully saturated rings. The molecule has 1 aliphatic rings. The van der Waals surface area contributed by atoms with Gasteiger partial charge in [0.25, 0.3) is 0 Å². The van der Waals surface area contributed by atoms with E-state index in [1.165, 1.54) is 18.4 Å². The zero-order valence-electron chi connectivity index (χ0n) is 14.3. The summed E-state index contributed by atoms with van der Waals surface area (Å²) in [6.07, 6.45) is 6.43. The van der Waals surface area contributed by atoms with E-state index in [1.54, 1.807) is 6.08 Å². The van der Waals surface area contributed by atoms with Crippen molar-refractivity contribution >= 4 is 5.91 Å². The van der Waals surface area contributed by atoms with Crippen molar-refractivity contribution in [3.8, 4) is 5.75 Å². The number of hydrogen-bond donors (Lipinski definition) is 1. The molecule has 4 nitrogen and oxygen atoms in total. The van der Waals surface area contributed by atoms with Crippen LogP contribution in [0, 0.1) is 0 Å². The summed E-state index contributed by atoms with van der Waals surface area (Å²) in [7, 11) is 1.99. The zero-order chi connectivity index (χ0) is 16.7. The fraction of sp³-hybridized carbons (Fsp3) is 0.526. The fourth-order valence-electron chi connectivity index (χ4n) is 2.86. The number of nitrogens with zero attached hydrogens (tertiary/aromatic N) is 1. The van der Waals surface area contributed by atoms with Gasteiger partial charge < -0.3 is 10.1 Å². The van der Waals surface area contributed by atoms with Gasteiger partial charge in [-0.1, -0.05) is 37.6 Å². The van der Waals surface area contributed by atoms with Crippen LogP contribution in [0.1, 0.15) is 38.2 Å². The van der Waals surface area contributed by atoms with Gasteiger partial charge >= 0.3 is 0 Å². The highest BCUT2D eigenvalue weighted by molar-refractivity contribution is 5.81. The number of amides is 1. The van der Waals surface area contributed by atoms with E-state index >= 15 is 0 Å². The molecular formula is C19H28N2O2. The van der Waals surface area contributed by atoms with Gasteiger partial charge in [0.15, 0.2) is 0 Å². The summed E-state index contributed by atoms with van der Waals surface area (Å²) in [5, 5.41) is 3.17. The summed E-state index contributed by atoms with van der Waals surface area (Å²) < 4.78 is 5.48. The van der Waals surface area contributed by atoms with Gasteiger partial charge in [-0.3, -0.25) is 9.69 Å². The Morgan fingerprint density at radius 2 is 2.04 bits per heavy atom. The molecular weight excluding hydrogens is 288 g/mol. The van der Waals surface area contributed by atoms with Crippen LogP contribution in [0.25, 0.3) is 0 Å². The van der Waals surface area contributed by atoms with E-state index in [4.69, 9.17) is 4.74 Å². The fourth-order valence-corrected chi connectivity index (χ4v) is 2.86. The Hall–Kier alpha value is -1.81. The molecule has 0 saturated heterocycles. The number of likely N-dealkylation sites (N-methyl/N-ethyl adjacent to an activating group) is 1. The van der Waals surface area contributed by atoms with Crippen molar-refractivity contribution in [1.82, 2.24) is 10.2 Å². The van der Waals surface area contributed by atoms with Gasteiger partial charge in [-0.05, 0) is 44.5 Å². The molecule has 2 rings (SSSR count). The Bertz CT molecular complexity index is 507. The highest BCUT2D eigenvalue weighted by Crippen LogP contribution is 2.18. The number of benzene rings is 1. The minimum absolute atomic E-state index is 0.130. The lowest BCUT2D eigenvalue weighted by Crippen LogP contribution is -2.46. The Kier molecular flexibility index (Phi) is 6.66. The van der Waals surface area contributed by atoms with Crippen LogP contribution in [0.5, 0.6) is 5.75 Å². The van der Waals surface area contributed by atoms with Crippen molar-refractivity contribution < 1.29 is 9.53 Å².